The van der Waals surface area contributed by atoms with Crippen LogP contribution in [0.5, 0.6) is 0 Å². The first-order chi connectivity index (χ1) is 7.12. The summed E-state index contributed by atoms with van der Waals surface area (Å²) < 4.78 is 0. The van der Waals surface area contributed by atoms with E-state index < -0.39 is 0 Å². The van der Waals surface area contributed by atoms with Crippen molar-refractivity contribution in [2.45, 2.75) is 77.0 Å². The molecule has 2 heteroatoms. The molecular formula is C13H25N2. The third kappa shape index (κ3) is 2.36. The zero-order valence-corrected chi connectivity index (χ0v) is 10.5. The van der Waals surface area contributed by atoms with E-state index in [1.807, 2.05) is 0 Å². The van der Waals surface area contributed by atoms with Crippen LogP contribution in [-0.4, -0.2) is 29.2 Å². The SMILES string of the molecule is CC1CCCC(C)(N2CCCCC2C)[N]1. The maximum atomic E-state index is 5.01. The van der Waals surface area contributed by atoms with Crippen LogP contribution in [0.3, 0.4) is 0 Å². The summed E-state index contributed by atoms with van der Waals surface area (Å²) in [6.07, 6.45) is 8.04. The predicted molar refractivity (Wildman–Crippen MR) is 63.9 cm³/mol. The molecule has 1 radical (unpaired) electrons. The second kappa shape index (κ2) is 4.42. The minimum Gasteiger partial charge on any atom is -0.282 e. The van der Waals surface area contributed by atoms with Gasteiger partial charge in [0.25, 0.3) is 0 Å². The summed E-state index contributed by atoms with van der Waals surface area (Å²) in [6.45, 7) is 8.25. The maximum absolute atomic E-state index is 5.01. The highest BCUT2D eigenvalue weighted by molar-refractivity contribution is 4.93. The number of nitrogens with zero attached hydrogens (tertiary/aromatic N) is 2. The molecule has 0 aromatic rings. The number of likely N-dealkylation sites (tertiary alicyclic amines) is 1. The van der Waals surface area contributed by atoms with E-state index in [1.54, 1.807) is 0 Å². The summed E-state index contributed by atoms with van der Waals surface area (Å²) in [6, 6.07) is 1.30. The van der Waals surface area contributed by atoms with Crippen LogP contribution >= 0.6 is 0 Å². The summed E-state index contributed by atoms with van der Waals surface area (Å²) in [5.74, 6) is 0. The smallest absolute Gasteiger partial charge is 0.0850 e. The number of piperidine rings is 2. The molecule has 2 nitrogen and oxygen atoms in total. The molecule has 2 aliphatic heterocycles. The van der Waals surface area contributed by atoms with E-state index in [4.69, 9.17) is 5.32 Å². The molecule has 2 aliphatic rings. The van der Waals surface area contributed by atoms with Crippen LogP contribution < -0.4 is 5.32 Å². The van der Waals surface area contributed by atoms with Gasteiger partial charge in [-0.15, -0.1) is 0 Å². The Bertz CT molecular complexity index is 217. The van der Waals surface area contributed by atoms with Crippen LogP contribution in [0.4, 0.5) is 0 Å². The van der Waals surface area contributed by atoms with Gasteiger partial charge in [0.15, 0.2) is 0 Å². The molecule has 87 valence electrons. The van der Waals surface area contributed by atoms with Crippen molar-refractivity contribution in [3.8, 4) is 0 Å². The fraction of sp³-hybridized carbons (Fsp3) is 1.00. The summed E-state index contributed by atoms with van der Waals surface area (Å²) in [7, 11) is 0. The highest BCUT2D eigenvalue weighted by Crippen LogP contribution is 2.32. The van der Waals surface area contributed by atoms with Gasteiger partial charge in [0, 0.05) is 18.6 Å². The Hall–Kier alpha value is -0.0800. The van der Waals surface area contributed by atoms with Gasteiger partial charge in [0.05, 0.1) is 5.66 Å². The van der Waals surface area contributed by atoms with E-state index in [2.05, 4.69) is 25.7 Å². The molecule has 2 heterocycles. The summed E-state index contributed by atoms with van der Waals surface area (Å²) in [5.41, 5.74) is 0.150. The third-order valence-corrected chi connectivity index (χ3v) is 4.19. The molecule has 2 saturated heterocycles. The molecule has 0 saturated carbocycles. The van der Waals surface area contributed by atoms with Gasteiger partial charge in [-0.1, -0.05) is 6.42 Å². The predicted octanol–water partition coefficient (Wildman–Crippen LogP) is 2.75. The third-order valence-electron chi connectivity index (χ3n) is 4.19. The summed E-state index contributed by atoms with van der Waals surface area (Å²) in [5, 5.41) is 5.01. The van der Waals surface area contributed by atoms with Gasteiger partial charge < -0.3 is 0 Å². The lowest BCUT2D eigenvalue weighted by Gasteiger charge is -2.50. The second-order valence-corrected chi connectivity index (χ2v) is 5.63. The molecule has 0 aromatic heterocycles. The lowest BCUT2D eigenvalue weighted by atomic mass is 9.90. The van der Waals surface area contributed by atoms with Crippen LogP contribution in [0, 0.1) is 0 Å². The minimum atomic E-state index is 0.150. The Balaban J connectivity index is 2.05. The Morgan fingerprint density at radius 1 is 1.13 bits per heavy atom. The lowest BCUT2D eigenvalue weighted by Crippen LogP contribution is -2.61. The van der Waals surface area contributed by atoms with Gasteiger partial charge in [-0.3, -0.25) is 4.90 Å². The van der Waals surface area contributed by atoms with Crippen LogP contribution in [-0.2, 0) is 0 Å². The molecule has 0 aliphatic carbocycles. The van der Waals surface area contributed by atoms with Crippen molar-refractivity contribution in [3.05, 3.63) is 0 Å². The largest absolute Gasteiger partial charge is 0.282 e. The van der Waals surface area contributed by atoms with E-state index in [-0.39, 0.29) is 5.66 Å². The Kier molecular flexibility index (Phi) is 3.36. The van der Waals surface area contributed by atoms with Gasteiger partial charge >= 0.3 is 0 Å². The van der Waals surface area contributed by atoms with E-state index >= 15 is 0 Å². The zero-order valence-electron chi connectivity index (χ0n) is 10.5. The van der Waals surface area contributed by atoms with Gasteiger partial charge in [-0.25, -0.2) is 5.32 Å². The van der Waals surface area contributed by atoms with Crippen LogP contribution in [0.1, 0.15) is 59.3 Å². The number of hydrogen-bond acceptors (Lipinski definition) is 1. The fourth-order valence-corrected chi connectivity index (χ4v) is 3.37. The average molecular weight is 209 g/mol. The van der Waals surface area contributed by atoms with E-state index in [0.29, 0.717) is 6.04 Å². The zero-order chi connectivity index (χ0) is 10.9. The molecule has 0 bridgehead atoms. The minimum absolute atomic E-state index is 0.150. The molecule has 2 rings (SSSR count). The highest BCUT2D eigenvalue weighted by Gasteiger charge is 2.39. The van der Waals surface area contributed by atoms with E-state index in [1.165, 1.54) is 45.1 Å². The topological polar surface area (TPSA) is 17.3 Å². The first kappa shape index (κ1) is 11.4. The molecule has 3 unspecified atom stereocenters. The van der Waals surface area contributed by atoms with Gasteiger partial charge in [0.2, 0.25) is 0 Å². The van der Waals surface area contributed by atoms with Crippen molar-refractivity contribution in [1.82, 2.24) is 10.2 Å². The van der Waals surface area contributed by atoms with Gasteiger partial charge in [0.1, 0.15) is 0 Å². The summed E-state index contributed by atoms with van der Waals surface area (Å²) in [4.78, 5) is 2.66. The molecule has 0 aromatic carbocycles. The quantitative estimate of drug-likeness (QED) is 0.649. The Morgan fingerprint density at radius 2 is 1.93 bits per heavy atom. The molecule has 0 N–H and O–H groups in total. The molecule has 2 fully saturated rings. The van der Waals surface area contributed by atoms with Crippen molar-refractivity contribution in [2.75, 3.05) is 6.54 Å². The van der Waals surface area contributed by atoms with Gasteiger partial charge in [-0.05, 0) is 52.9 Å². The Morgan fingerprint density at radius 3 is 2.60 bits per heavy atom. The molecular weight excluding hydrogens is 184 g/mol. The van der Waals surface area contributed by atoms with Crippen LogP contribution in [0.15, 0.2) is 0 Å². The second-order valence-electron chi connectivity index (χ2n) is 5.63. The molecule has 15 heavy (non-hydrogen) atoms. The van der Waals surface area contributed by atoms with E-state index in [9.17, 15) is 0 Å². The maximum Gasteiger partial charge on any atom is 0.0850 e. The number of rotatable bonds is 1. The molecule has 0 amide bonds. The van der Waals surface area contributed by atoms with Crippen molar-refractivity contribution >= 4 is 0 Å². The molecule has 0 spiro atoms. The average Bonchev–Trinajstić information content (AvgIpc) is 2.17. The Labute approximate surface area is 94.4 Å². The van der Waals surface area contributed by atoms with Crippen molar-refractivity contribution in [3.63, 3.8) is 0 Å². The van der Waals surface area contributed by atoms with Crippen LogP contribution in [0.2, 0.25) is 0 Å². The fourth-order valence-electron chi connectivity index (χ4n) is 3.37. The molecule has 3 atom stereocenters. The monoisotopic (exact) mass is 209 g/mol. The summed E-state index contributed by atoms with van der Waals surface area (Å²) >= 11 is 0. The van der Waals surface area contributed by atoms with E-state index in [0.717, 1.165) is 6.04 Å². The van der Waals surface area contributed by atoms with Gasteiger partial charge in [-0.2, -0.15) is 0 Å². The van der Waals surface area contributed by atoms with Crippen molar-refractivity contribution in [2.24, 2.45) is 0 Å². The highest BCUT2D eigenvalue weighted by atomic mass is 15.3. The first-order valence-corrected chi connectivity index (χ1v) is 6.60. The number of hydrogen-bond donors (Lipinski definition) is 0. The first-order valence-electron chi connectivity index (χ1n) is 6.60. The van der Waals surface area contributed by atoms with Crippen molar-refractivity contribution in [1.29, 1.82) is 0 Å². The van der Waals surface area contributed by atoms with Crippen molar-refractivity contribution < 1.29 is 0 Å². The van der Waals surface area contributed by atoms with Crippen LogP contribution in [0.25, 0.3) is 0 Å². The lowest BCUT2D eigenvalue weighted by molar-refractivity contribution is -0.0194. The standard InChI is InChI=1S/C13H25N2/c1-11-7-6-9-13(3,14-11)15-10-5-4-8-12(15)2/h11-12H,4-10H2,1-3H3. The normalized spacial score (nSPS) is 44.2.